The zero-order valence-corrected chi connectivity index (χ0v) is 24.3. The topological polar surface area (TPSA) is 85.9 Å². The monoisotopic (exact) mass is 615 g/mol. The van der Waals surface area contributed by atoms with Gasteiger partial charge in [-0.2, -0.15) is 9.61 Å². The van der Waals surface area contributed by atoms with Crippen molar-refractivity contribution in [3.05, 3.63) is 95.1 Å². The lowest BCUT2D eigenvalue weighted by molar-refractivity contribution is 0.181. The van der Waals surface area contributed by atoms with Gasteiger partial charge in [-0.25, -0.2) is 4.98 Å². The molecule has 6 rings (SSSR count). The molecule has 0 saturated carbocycles. The first-order chi connectivity index (χ1) is 19.5. The van der Waals surface area contributed by atoms with Crippen LogP contribution >= 0.6 is 27.7 Å². The number of benzene rings is 3. The van der Waals surface area contributed by atoms with E-state index in [2.05, 4.69) is 55.5 Å². The lowest BCUT2D eigenvalue weighted by Gasteiger charge is -2.32. The number of phenolic OH excluding ortho intramolecular Hbond substituents is 2. The van der Waals surface area contributed by atoms with E-state index < -0.39 is 0 Å². The second-order valence-electron chi connectivity index (χ2n) is 10.1. The molecule has 40 heavy (non-hydrogen) atoms. The van der Waals surface area contributed by atoms with Crippen LogP contribution in [0.25, 0.3) is 16.9 Å². The van der Waals surface area contributed by atoms with Crippen LogP contribution in [-0.2, 0) is 6.54 Å². The minimum absolute atomic E-state index is 0.205. The van der Waals surface area contributed by atoms with Crippen molar-refractivity contribution in [1.82, 2.24) is 19.5 Å². The van der Waals surface area contributed by atoms with E-state index in [4.69, 9.17) is 4.98 Å². The molecule has 1 aliphatic rings. The molecule has 1 aliphatic heterocycles. The Morgan fingerprint density at radius 1 is 0.950 bits per heavy atom. The van der Waals surface area contributed by atoms with Crippen molar-refractivity contribution in [2.45, 2.75) is 29.2 Å². The molecule has 3 heterocycles. The molecule has 0 radical (unpaired) electrons. The summed E-state index contributed by atoms with van der Waals surface area (Å²) in [7, 11) is 0. The number of hydrogen-bond donors (Lipinski definition) is 3. The third-order valence-corrected chi connectivity index (χ3v) is 9.00. The number of para-hydroxylation sites is 1. The van der Waals surface area contributed by atoms with Crippen LogP contribution in [-0.4, -0.2) is 49.3 Å². The number of halogens is 1. The first-order valence-electron chi connectivity index (χ1n) is 13.4. The Morgan fingerprint density at radius 3 is 2.50 bits per heavy atom. The number of aromatic nitrogens is 3. The highest BCUT2D eigenvalue weighted by Crippen LogP contribution is 2.34. The number of hydrogen-bond acceptors (Lipinski definition) is 7. The summed E-state index contributed by atoms with van der Waals surface area (Å²) < 4.78 is 2.62. The predicted molar refractivity (Wildman–Crippen MR) is 163 cm³/mol. The number of likely N-dealkylation sites (tertiary alicyclic amines) is 1. The molecular weight excluding hydrogens is 586 g/mol. The molecule has 9 heteroatoms. The van der Waals surface area contributed by atoms with Gasteiger partial charge in [-0.05, 0) is 95.8 Å². The Hall–Kier alpha value is -3.53. The van der Waals surface area contributed by atoms with Gasteiger partial charge in [0.05, 0.1) is 16.4 Å². The average molecular weight is 617 g/mol. The van der Waals surface area contributed by atoms with Crippen LogP contribution in [0.2, 0.25) is 0 Å². The summed E-state index contributed by atoms with van der Waals surface area (Å²) in [5, 5.41) is 28.1. The van der Waals surface area contributed by atoms with Gasteiger partial charge in [-0.3, -0.25) is 4.90 Å². The number of nitrogens with zero attached hydrogens (tertiary/aromatic N) is 4. The zero-order chi connectivity index (χ0) is 27.5. The Kier molecular flexibility index (Phi) is 7.95. The summed E-state index contributed by atoms with van der Waals surface area (Å²) in [5.74, 6) is 1.90. The zero-order valence-electron chi connectivity index (χ0n) is 21.9. The Balaban J connectivity index is 1.09. The fraction of sp³-hybridized carbons (Fsp3) is 0.226. The second-order valence-corrected chi connectivity index (χ2v) is 12.0. The SMILES string of the molecule is Oc1ccc(Sc2ccccc2CN2CCC(CNc3cc(-c4ccccc4O)nc4c(Br)cnn34)CC2)cc1. The molecule has 3 N–H and O–H groups in total. The maximum absolute atomic E-state index is 10.4. The first kappa shape index (κ1) is 26.7. The average Bonchev–Trinajstić information content (AvgIpc) is 3.35. The van der Waals surface area contributed by atoms with Crippen LogP contribution in [0.1, 0.15) is 18.4 Å². The molecule has 204 valence electrons. The second kappa shape index (κ2) is 11.9. The molecule has 0 amide bonds. The Labute approximate surface area is 246 Å². The van der Waals surface area contributed by atoms with E-state index in [0.29, 0.717) is 22.8 Å². The largest absolute Gasteiger partial charge is 0.508 e. The van der Waals surface area contributed by atoms with Crippen molar-refractivity contribution in [1.29, 1.82) is 0 Å². The molecule has 0 atom stereocenters. The highest BCUT2D eigenvalue weighted by Gasteiger charge is 2.21. The summed E-state index contributed by atoms with van der Waals surface area (Å²) in [6.45, 7) is 3.87. The fourth-order valence-corrected chi connectivity index (χ4v) is 6.39. The van der Waals surface area contributed by atoms with Crippen molar-refractivity contribution in [2.75, 3.05) is 25.0 Å². The van der Waals surface area contributed by atoms with Gasteiger partial charge >= 0.3 is 0 Å². The third kappa shape index (κ3) is 5.96. The summed E-state index contributed by atoms with van der Waals surface area (Å²) in [5.41, 5.74) is 3.44. The van der Waals surface area contributed by atoms with E-state index in [-0.39, 0.29) is 11.5 Å². The minimum atomic E-state index is 0.205. The number of anilines is 1. The summed E-state index contributed by atoms with van der Waals surface area (Å²) in [6, 6.07) is 25.2. The third-order valence-electron chi connectivity index (χ3n) is 7.32. The maximum atomic E-state index is 10.4. The normalized spacial score (nSPS) is 14.5. The number of fused-ring (bicyclic) bond motifs is 1. The van der Waals surface area contributed by atoms with Gasteiger partial charge < -0.3 is 15.5 Å². The molecule has 0 spiro atoms. The van der Waals surface area contributed by atoms with Crippen molar-refractivity contribution < 1.29 is 10.2 Å². The molecule has 3 aromatic carbocycles. The van der Waals surface area contributed by atoms with E-state index in [1.165, 1.54) is 10.5 Å². The van der Waals surface area contributed by atoms with E-state index in [0.717, 1.165) is 54.2 Å². The van der Waals surface area contributed by atoms with Crippen LogP contribution in [0.4, 0.5) is 5.82 Å². The number of nitrogens with one attached hydrogen (secondary N) is 1. The minimum Gasteiger partial charge on any atom is -0.508 e. The predicted octanol–water partition coefficient (Wildman–Crippen LogP) is 7.05. The number of rotatable bonds is 8. The van der Waals surface area contributed by atoms with Gasteiger partial charge in [0.25, 0.3) is 0 Å². The van der Waals surface area contributed by atoms with Crippen LogP contribution in [0.3, 0.4) is 0 Å². The van der Waals surface area contributed by atoms with Crippen LogP contribution in [0.5, 0.6) is 11.5 Å². The number of piperidine rings is 1. The fourth-order valence-electron chi connectivity index (χ4n) is 5.10. The van der Waals surface area contributed by atoms with Crippen molar-refractivity contribution in [3.8, 4) is 22.8 Å². The molecule has 0 unspecified atom stereocenters. The molecule has 0 aliphatic carbocycles. The summed E-state index contributed by atoms with van der Waals surface area (Å²) in [4.78, 5) is 9.66. The molecule has 7 nitrogen and oxygen atoms in total. The molecule has 1 saturated heterocycles. The lowest BCUT2D eigenvalue weighted by atomic mass is 9.96. The lowest BCUT2D eigenvalue weighted by Crippen LogP contribution is -2.35. The summed E-state index contributed by atoms with van der Waals surface area (Å²) >= 11 is 5.30. The van der Waals surface area contributed by atoms with Crippen LogP contribution in [0, 0.1) is 5.92 Å². The highest BCUT2D eigenvalue weighted by molar-refractivity contribution is 9.10. The van der Waals surface area contributed by atoms with Gasteiger partial charge in [0.2, 0.25) is 0 Å². The molecule has 0 bridgehead atoms. The Bertz CT molecular complexity index is 1620. The quantitative estimate of drug-likeness (QED) is 0.172. The number of phenols is 2. The van der Waals surface area contributed by atoms with Crippen molar-refractivity contribution in [2.24, 2.45) is 5.92 Å². The van der Waals surface area contributed by atoms with Gasteiger partial charge in [0.15, 0.2) is 5.65 Å². The molecule has 5 aromatic rings. The van der Waals surface area contributed by atoms with E-state index in [1.807, 2.05) is 40.9 Å². The van der Waals surface area contributed by atoms with Crippen molar-refractivity contribution in [3.63, 3.8) is 0 Å². The molecule has 1 fully saturated rings. The van der Waals surface area contributed by atoms with Gasteiger partial charge in [-0.15, -0.1) is 0 Å². The molecular formula is C31H30BrN5O2S. The van der Waals surface area contributed by atoms with E-state index in [9.17, 15) is 10.2 Å². The van der Waals surface area contributed by atoms with Crippen LogP contribution in [0.15, 0.2) is 99.3 Å². The molecule has 2 aromatic heterocycles. The van der Waals surface area contributed by atoms with Crippen LogP contribution < -0.4 is 5.32 Å². The van der Waals surface area contributed by atoms with Gasteiger partial charge in [-0.1, -0.05) is 42.1 Å². The van der Waals surface area contributed by atoms with Crippen molar-refractivity contribution >= 4 is 39.2 Å². The highest BCUT2D eigenvalue weighted by atomic mass is 79.9. The van der Waals surface area contributed by atoms with E-state index in [1.54, 1.807) is 36.2 Å². The van der Waals surface area contributed by atoms with E-state index >= 15 is 0 Å². The standard InChI is InChI=1S/C31H30BrN5O2S/c32-26-19-34-37-30(17-27(35-31(26)37)25-6-2-3-7-28(25)39)33-18-21-13-15-36(16-14-21)20-22-5-1-4-8-29(22)40-24-11-9-23(38)10-12-24/h1-12,17,19,21,33,38-39H,13-16,18,20H2. The number of aromatic hydroxyl groups is 2. The van der Waals surface area contributed by atoms with Gasteiger partial charge in [0.1, 0.15) is 17.3 Å². The maximum Gasteiger partial charge on any atom is 0.172 e. The summed E-state index contributed by atoms with van der Waals surface area (Å²) in [6.07, 6.45) is 3.98. The Morgan fingerprint density at radius 2 is 1.70 bits per heavy atom. The first-order valence-corrected chi connectivity index (χ1v) is 15.0. The smallest absolute Gasteiger partial charge is 0.172 e. The van der Waals surface area contributed by atoms with Gasteiger partial charge in [0, 0.05) is 34.5 Å².